The normalized spacial score (nSPS) is 10.6. The number of thiophene rings is 1. The van der Waals surface area contributed by atoms with E-state index in [2.05, 4.69) is 29.6 Å². The second-order valence-electron chi connectivity index (χ2n) is 4.10. The van der Waals surface area contributed by atoms with E-state index in [1.165, 1.54) is 15.4 Å². The molecule has 17 heavy (non-hydrogen) atoms. The summed E-state index contributed by atoms with van der Waals surface area (Å²) in [5.74, 6) is 0.925. The second kappa shape index (κ2) is 5.23. The van der Waals surface area contributed by atoms with Crippen molar-refractivity contribution in [3.63, 3.8) is 0 Å². The Kier molecular flexibility index (Phi) is 3.69. The first-order valence-corrected chi connectivity index (χ1v) is 6.55. The minimum Gasteiger partial charge on any atom is -0.491 e. The number of hydrogen-bond donors (Lipinski definition) is 1. The molecule has 3 heteroatoms. The summed E-state index contributed by atoms with van der Waals surface area (Å²) in [5.41, 5.74) is 1.23. The summed E-state index contributed by atoms with van der Waals surface area (Å²) < 4.78 is 5.62. The van der Waals surface area contributed by atoms with Crippen molar-refractivity contribution >= 4 is 16.3 Å². The average Bonchev–Trinajstić information content (AvgIpc) is 2.78. The molecule has 1 aromatic heterocycles. The van der Waals surface area contributed by atoms with E-state index in [-0.39, 0.29) is 6.10 Å². The lowest BCUT2D eigenvalue weighted by atomic mass is 10.2. The predicted octanol–water partition coefficient (Wildman–Crippen LogP) is 4.24. The van der Waals surface area contributed by atoms with Crippen LogP contribution in [0.5, 0.6) is 5.75 Å². The van der Waals surface area contributed by atoms with Gasteiger partial charge in [0, 0.05) is 11.9 Å². The van der Waals surface area contributed by atoms with Gasteiger partial charge in [0.05, 0.1) is 11.1 Å². The van der Waals surface area contributed by atoms with E-state index in [0.29, 0.717) is 0 Å². The Hall–Kier alpha value is -1.48. The molecule has 2 nitrogen and oxygen atoms in total. The molecule has 0 amide bonds. The zero-order valence-corrected chi connectivity index (χ0v) is 11.2. The number of anilines is 1. The number of rotatable bonds is 4. The predicted molar refractivity (Wildman–Crippen MR) is 75.1 cm³/mol. The molecule has 0 saturated heterocycles. The van der Waals surface area contributed by atoms with Crippen molar-refractivity contribution in [2.24, 2.45) is 0 Å². The van der Waals surface area contributed by atoms with Gasteiger partial charge in [0.1, 0.15) is 5.75 Å². The van der Waals surface area contributed by atoms with Crippen molar-refractivity contribution in [1.29, 1.82) is 0 Å². The molecule has 2 aromatic rings. The van der Waals surface area contributed by atoms with Crippen LogP contribution in [-0.2, 0) is 0 Å². The monoisotopic (exact) mass is 247 g/mol. The third-order valence-electron chi connectivity index (χ3n) is 2.36. The molecule has 0 saturated carbocycles. The van der Waals surface area contributed by atoms with Gasteiger partial charge in [0.2, 0.25) is 0 Å². The molecular weight excluding hydrogens is 230 g/mol. The summed E-state index contributed by atoms with van der Waals surface area (Å²) in [6, 6.07) is 12.5. The smallest absolute Gasteiger partial charge is 0.119 e. The Bertz CT molecular complexity index is 473. The number of ether oxygens (including phenoxy) is 1. The Labute approximate surface area is 106 Å². The largest absolute Gasteiger partial charge is 0.491 e. The van der Waals surface area contributed by atoms with Crippen molar-refractivity contribution in [3.8, 4) is 16.2 Å². The first-order chi connectivity index (χ1) is 8.19. The zero-order valence-electron chi connectivity index (χ0n) is 10.4. The number of hydrogen-bond acceptors (Lipinski definition) is 3. The van der Waals surface area contributed by atoms with Gasteiger partial charge in [-0.1, -0.05) is 0 Å². The molecule has 0 unspecified atom stereocenters. The van der Waals surface area contributed by atoms with E-state index in [9.17, 15) is 0 Å². The van der Waals surface area contributed by atoms with Crippen molar-refractivity contribution in [2.45, 2.75) is 20.0 Å². The quantitative estimate of drug-likeness (QED) is 0.872. The zero-order chi connectivity index (χ0) is 12.3. The molecule has 1 N–H and O–H groups in total. The standard InChI is InChI=1S/C14H17NOS/c1-10(2)16-12-6-4-11(5-7-12)13-8-9-14(15-3)17-13/h4-10,15H,1-3H3. The fourth-order valence-corrected chi connectivity index (χ4v) is 2.46. The Morgan fingerprint density at radius 1 is 1.06 bits per heavy atom. The van der Waals surface area contributed by atoms with Crippen molar-refractivity contribution in [3.05, 3.63) is 36.4 Å². The van der Waals surface area contributed by atoms with E-state index < -0.39 is 0 Å². The molecule has 0 radical (unpaired) electrons. The summed E-state index contributed by atoms with van der Waals surface area (Å²) in [6.45, 7) is 4.07. The maximum Gasteiger partial charge on any atom is 0.119 e. The van der Waals surface area contributed by atoms with Gasteiger partial charge >= 0.3 is 0 Å². The molecule has 0 aliphatic heterocycles. The van der Waals surface area contributed by atoms with E-state index in [1.807, 2.05) is 33.0 Å². The summed E-state index contributed by atoms with van der Waals surface area (Å²) >= 11 is 1.75. The maximum absolute atomic E-state index is 5.62. The fourth-order valence-electron chi connectivity index (χ4n) is 1.60. The SMILES string of the molecule is CNc1ccc(-c2ccc(OC(C)C)cc2)s1. The highest BCUT2D eigenvalue weighted by molar-refractivity contribution is 7.19. The summed E-state index contributed by atoms with van der Waals surface area (Å²) in [4.78, 5) is 1.27. The highest BCUT2D eigenvalue weighted by Crippen LogP contribution is 2.31. The lowest BCUT2D eigenvalue weighted by Crippen LogP contribution is -2.04. The highest BCUT2D eigenvalue weighted by Gasteiger charge is 2.03. The van der Waals surface area contributed by atoms with Crippen LogP contribution in [0.2, 0.25) is 0 Å². The van der Waals surface area contributed by atoms with Crippen LogP contribution in [0.4, 0.5) is 5.00 Å². The van der Waals surface area contributed by atoms with Gasteiger partial charge in [-0.25, -0.2) is 0 Å². The fraction of sp³-hybridized carbons (Fsp3) is 0.286. The Morgan fingerprint density at radius 3 is 2.29 bits per heavy atom. The summed E-state index contributed by atoms with van der Waals surface area (Å²) in [6.07, 6.45) is 0.221. The van der Waals surface area contributed by atoms with Gasteiger partial charge in [-0.2, -0.15) is 0 Å². The van der Waals surface area contributed by atoms with E-state index in [0.717, 1.165) is 5.75 Å². The molecule has 0 aliphatic rings. The molecule has 0 fully saturated rings. The molecule has 0 spiro atoms. The third-order valence-corrected chi connectivity index (χ3v) is 3.51. The van der Waals surface area contributed by atoms with Crippen LogP contribution in [0.1, 0.15) is 13.8 Å². The van der Waals surface area contributed by atoms with Gasteiger partial charge in [0.25, 0.3) is 0 Å². The summed E-state index contributed by atoms with van der Waals surface area (Å²) in [7, 11) is 1.94. The van der Waals surface area contributed by atoms with Crippen LogP contribution >= 0.6 is 11.3 Å². The van der Waals surface area contributed by atoms with Gasteiger partial charge in [-0.05, 0) is 55.8 Å². The van der Waals surface area contributed by atoms with Crippen LogP contribution < -0.4 is 10.1 Å². The lowest BCUT2D eigenvalue weighted by Gasteiger charge is -2.09. The molecule has 90 valence electrons. The molecule has 0 bridgehead atoms. The van der Waals surface area contributed by atoms with E-state index >= 15 is 0 Å². The molecule has 1 heterocycles. The third kappa shape index (κ3) is 3.01. The highest BCUT2D eigenvalue weighted by atomic mass is 32.1. The minimum absolute atomic E-state index is 0.221. The molecule has 2 rings (SSSR count). The topological polar surface area (TPSA) is 21.3 Å². The molecule has 1 aromatic carbocycles. The first kappa shape index (κ1) is 12.0. The number of benzene rings is 1. The molecular formula is C14H17NOS. The van der Waals surface area contributed by atoms with Crippen molar-refractivity contribution in [2.75, 3.05) is 12.4 Å². The first-order valence-electron chi connectivity index (χ1n) is 5.73. The summed E-state index contributed by atoms with van der Waals surface area (Å²) in [5, 5.41) is 4.33. The van der Waals surface area contributed by atoms with Gasteiger partial charge in [-0.3, -0.25) is 0 Å². The maximum atomic E-state index is 5.62. The minimum atomic E-state index is 0.221. The lowest BCUT2D eigenvalue weighted by molar-refractivity contribution is 0.242. The second-order valence-corrected chi connectivity index (χ2v) is 5.19. The average molecular weight is 247 g/mol. The Morgan fingerprint density at radius 2 is 1.76 bits per heavy atom. The van der Waals surface area contributed by atoms with Crippen LogP contribution in [0.15, 0.2) is 36.4 Å². The molecule has 0 atom stereocenters. The van der Waals surface area contributed by atoms with Crippen molar-refractivity contribution in [1.82, 2.24) is 0 Å². The van der Waals surface area contributed by atoms with Crippen LogP contribution in [0, 0.1) is 0 Å². The molecule has 0 aliphatic carbocycles. The number of nitrogens with one attached hydrogen (secondary N) is 1. The van der Waals surface area contributed by atoms with Crippen LogP contribution in [0.3, 0.4) is 0 Å². The van der Waals surface area contributed by atoms with Crippen LogP contribution in [-0.4, -0.2) is 13.2 Å². The van der Waals surface area contributed by atoms with E-state index in [1.54, 1.807) is 11.3 Å². The van der Waals surface area contributed by atoms with Gasteiger partial charge < -0.3 is 10.1 Å². The van der Waals surface area contributed by atoms with Gasteiger partial charge in [-0.15, -0.1) is 11.3 Å². The Balaban J connectivity index is 2.17. The van der Waals surface area contributed by atoms with Crippen LogP contribution in [0.25, 0.3) is 10.4 Å². The van der Waals surface area contributed by atoms with E-state index in [4.69, 9.17) is 4.74 Å². The van der Waals surface area contributed by atoms with Gasteiger partial charge in [0.15, 0.2) is 0 Å². The van der Waals surface area contributed by atoms with Crippen molar-refractivity contribution < 1.29 is 4.74 Å².